The van der Waals surface area contributed by atoms with Crippen molar-refractivity contribution >= 4 is 41.0 Å². The number of anilines is 1. The van der Waals surface area contributed by atoms with E-state index >= 15 is 0 Å². The Bertz CT molecular complexity index is 778. The predicted molar refractivity (Wildman–Crippen MR) is 117 cm³/mol. The number of carbonyl (C=O) groups is 2. The number of benzene rings is 2. The van der Waals surface area contributed by atoms with Crippen LogP contribution in [-0.2, 0) is 9.59 Å². The van der Waals surface area contributed by atoms with Crippen LogP contribution in [0.5, 0.6) is 5.75 Å². The maximum Gasteiger partial charge on any atom is 0.260 e. The van der Waals surface area contributed by atoms with Gasteiger partial charge in [-0.1, -0.05) is 30.3 Å². The number of thioether (sulfide) groups is 2. The lowest BCUT2D eigenvalue weighted by atomic mass is 10.2. The van der Waals surface area contributed by atoms with Gasteiger partial charge in [-0.05, 0) is 47.8 Å². The van der Waals surface area contributed by atoms with Gasteiger partial charge in [0.25, 0.3) is 5.91 Å². The number of amides is 2. The second-order valence-electron chi connectivity index (χ2n) is 6.45. The van der Waals surface area contributed by atoms with Gasteiger partial charge in [0.15, 0.2) is 6.61 Å². The number of likely N-dealkylation sites (N-methyl/N-ethyl adjacent to an activating group) is 1. The van der Waals surface area contributed by atoms with Crippen molar-refractivity contribution in [1.82, 2.24) is 4.90 Å². The molecule has 0 spiro atoms. The first kappa shape index (κ1) is 20.6. The lowest BCUT2D eigenvalue weighted by Crippen LogP contribution is -2.37. The molecule has 7 heteroatoms. The molecule has 1 fully saturated rings. The monoisotopic (exact) mass is 416 g/mol. The van der Waals surface area contributed by atoms with Gasteiger partial charge in [-0.3, -0.25) is 9.59 Å². The van der Waals surface area contributed by atoms with E-state index in [1.807, 2.05) is 53.9 Å². The molecule has 2 amide bonds. The summed E-state index contributed by atoms with van der Waals surface area (Å²) in [7, 11) is 1.59. The zero-order valence-corrected chi connectivity index (χ0v) is 17.4. The molecule has 0 aliphatic carbocycles. The van der Waals surface area contributed by atoms with E-state index < -0.39 is 0 Å². The molecule has 1 N–H and O–H groups in total. The lowest BCUT2D eigenvalue weighted by Gasteiger charge is -2.21. The van der Waals surface area contributed by atoms with E-state index in [1.165, 1.54) is 28.4 Å². The summed E-state index contributed by atoms with van der Waals surface area (Å²) < 4.78 is 6.08. The number of para-hydroxylation sites is 1. The molecule has 0 bridgehead atoms. The average Bonchev–Trinajstić information content (AvgIpc) is 2.73. The van der Waals surface area contributed by atoms with Crippen molar-refractivity contribution < 1.29 is 14.3 Å². The molecule has 1 saturated heterocycles. The topological polar surface area (TPSA) is 58.6 Å². The third kappa shape index (κ3) is 6.21. The van der Waals surface area contributed by atoms with Gasteiger partial charge in [0.2, 0.25) is 5.91 Å². The number of nitrogens with one attached hydrogen (secondary N) is 1. The first-order valence-electron chi connectivity index (χ1n) is 9.16. The van der Waals surface area contributed by atoms with Crippen LogP contribution < -0.4 is 10.1 Å². The zero-order chi connectivity index (χ0) is 19.8. The highest BCUT2D eigenvalue weighted by Gasteiger charge is 2.17. The minimum absolute atomic E-state index is 0.0217. The fraction of sp³-hybridized carbons (Fsp3) is 0.333. The molecule has 1 heterocycles. The van der Waals surface area contributed by atoms with Crippen molar-refractivity contribution in [3.63, 3.8) is 0 Å². The highest BCUT2D eigenvalue weighted by Crippen LogP contribution is 2.43. The summed E-state index contributed by atoms with van der Waals surface area (Å²) in [5.41, 5.74) is 1.99. The van der Waals surface area contributed by atoms with E-state index in [4.69, 9.17) is 4.74 Å². The van der Waals surface area contributed by atoms with Crippen LogP contribution in [0.1, 0.15) is 16.6 Å². The molecular weight excluding hydrogens is 392 g/mol. The summed E-state index contributed by atoms with van der Waals surface area (Å²) in [6, 6.07) is 17.1. The molecule has 28 heavy (non-hydrogen) atoms. The fourth-order valence-electron chi connectivity index (χ4n) is 2.68. The summed E-state index contributed by atoms with van der Waals surface area (Å²) in [5, 5.41) is 2.76. The Morgan fingerprint density at radius 1 is 1.07 bits per heavy atom. The first-order valence-corrected chi connectivity index (χ1v) is 11.3. The van der Waals surface area contributed by atoms with E-state index in [2.05, 4.69) is 17.4 Å². The molecule has 0 atom stereocenters. The number of carbonyl (C=O) groups excluding carboxylic acids is 2. The van der Waals surface area contributed by atoms with Crippen molar-refractivity contribution in [2.75, 3.05) is 37.0 Å². The van der Waals surface area contributed by atoms with Gasteiger partial charge < -0.3 is 15.0 Å². The molecule has 0 radical (unpaired) electrons. The highest BCUT2D eigenvalue weighted by molar-refractivity contribution is 8.16. The first-order chi connectivity index (χ1) is 13.6. The molecule has 2 aromatic rings. The van der Waals surface area contributed by atoms with E-state index in [0.29, 0.717) is 16.0 Å². The van der Waals surface area contributed by atoms with Crippen molar-refractivity contribution in [1.29, 1.82) is 0 Å². The normalized spacial score (nSPS) is 14.3. The van der Waals surface area contributed by atoms with Crippen LogP contribution in [0.15, 0.2) is 54.6 Å². The Morgan fingerprint density at radius 2 is 1.75 bits per heavy atom. The van der Waals surface area contributed by atoms with Crippen LogP contribution in [0.25, 0.3) is 0 Å². The molecule has 5 nitrogen and oxygen atoms in total. The maximum atomic E-state index is 12.2. The highest BCUT2D eigenvalue weighted by atomic mass is 32.2. The van der Waals surface area contributed by atoms with E-state index in [-0.39, 0.29) is 25.0 Å². The lowest BCUT2D eigenvalue weighted by molar-refractivity contribution is -0.135. The Balaban J connectivity index is 1.43. The molecule has 1 aliphatic heterocycles. The van der Waals surface area contributed by atoms with Gasteiger partial charge >= 0.3 is 0 Å². The molecule has 0 aromatic heterocycles. The van der Waals surface area contributed by atoms with E-state index in [1.54, 1.807) is 19.2 Å². The summed E-state index contributed by atoms with van der Waals surface area (Å²) in [6.07, 6.45) is 1.27. The minimum Gasteiger partial charge on any atom is -0.484 e. The Labute approximate surface area is 174 Å². The van der Waals surface area contributed by atoms with Crippen molar-refractivity contribution in [2.45, 2.75) is 11.0 Å². The largest absolute Gasteiger partial charge is 0.484 e. The number of nitrogens with zero attached hydrogens (tertiary/aromatic N) is 1. The van der Waals surface area contributed by atoms with Crippen LogP contribution in [0.2, 0.25) is 0 Å². The van der Waals surface area contributed by atoms with Crippen LogP contribution in [0, 0.1) is 0 Å². The average molecular weight is 417 g/mol. The fourth-order valence-corrected chi connectivity index (χ4v) is 5.58. The second-order valence-corrected chi connectivity index (χ2v) is 9.17. The number of ether oxygens (including phenoxy) is 1. The third-order valence-corrected chi connectivity index (χ3v) is 7.22. The Kier molecular flexibility index (Phi) is 7.68. The van der Waals surface area contributed by atoms with Crippen LogP contribution in [-0.4, -0.2) is 48.4 Å². The van der Waals surface area contributed by atoms with Gasteiger partial charge in [-0.15, -0.1) is 23.5 Å². The van der Waals surface area contributed by atoms with Gasteiger partial charge in [-0.2, -0.15) is 0 Å². The molecule has 0 saturated carbocycles. The quantitative estimate of drug-likeness (QED) is 0.738. The summed E-state index contributed by atoms with van der Waals surface area (Å²) in [6.45, 7) is -0.118. The maximum absolute atomic E-state index is 12.2. The number of hydrogen-bond donors (Lipinski definition) is 1. The van der Waals surface area contributed by atoms with Gasteiger partial charge in [-0.25, -0.2) is 0 Å². The van der Waals surface area contributed by atoms with E-state index in [9.17, 15) is 9.59 Å². The standard InChI is InChI=1S/C21H24N2O3S2/c1-23(14-19(24)22-17-6-3-2-4-7-17)20(25)15-26-18-10-8-16(9-11-18)21-27-12-5-13-28-21/h2-4,6-11,21H,5,12-15H2,1H3,(H,22,24). The SMILES string of the molecule is CN(CC(=O)Nc1ccccc1)C(=O)COc1ccc(C2SCCCS2)cc1. The number of rotatable bonds is 7. The molecule has 2 aromatic carbocycles. The Hall–Kier alpha value is -2.12. The van der Waals surface area contributed by atoms with Gasteiger partial charge in [0.1, 0.15) is 5.75 Å². The van der Waals surface area contributed by atoms with Crippen LogP contribution in [0.3, 0.4) is 0 Å². The summed E-state index contributed by atoms with van der Waals surface area (Å²) in [4.78, 5) is 25.6. The minimum atomic E-state index is -0.245. The molecule has 0 unspecified atom stereocenters. The molecular formula is C21H24N2O3S2. The third-order valence-electron chi connectivity index (χ3n) is 4.21. The van der Waals surface area contributed by atoms with Gasteiger partial charge in [0.05, 0.1) is 11.1 Å². The number of hydrogen-bond acceptors (Lipinski definition) is 5. The Morgan fingerprint density at radius 3 is 2.43 bits per heavy atom. The van der Waals surface area contributed by atoms with Crippen molar-refractivity contribution in [2.24, 2.45) is 0 Å². The van der Waals surface area contributed by atoms with Gasteiger partial charge in [0, 0.05) is 12.7 Å². The van der Waals surface area contributed by atoms with Crippen molar-refractivity contribution in [3.05, 3.63) is 60.2 Å². The van der Waals surface area contributed by atoms with Crippen LogP contribution >= 0.6 is 23.5 Å². The predicted octanol–water partition coefficient (Wildman–Crippen LogP) is 4.03. The molecule has 3 rings (SSSR count). The second kappa shape index (κ2) is 10.4. The smallest absolute Gasteiger partial charge is 0.260 e. The summed E-state index contributed by atoms with van der Waals surface area (Å²) in [5.74, 6) is 2.58. The zero-order valence-electron chi connectivity index (χ0n) is 15.8. The molecule has 148 valence electrons. The van der Waals surface area contributed by atoms with Crippen LogP contribution in [0.4, 0.5) is 5.69 Å². The van der Waals surface area contributed by atoms with Crippen molar-refractivity contribution in [3.8, 4) is 5.75 Å². The summed E-state index contributed by atoms with van der Waals surface area (Å²) >= 11 is 3.95. The molecule has 1 aliphatic rings. The van der Waals surface area contributed by atoms with E-state index in [0.717, 1.165) is 0 Å².